The molecule has 1 atom stereocenters. The zero-order chi connectivity index (χ0) is 23.0. The van der Waals surface area contributed by atoms with Crippen molar-refractivity contribution in [3.8, 4) is 0 Å². The van der Waals surface area contributed by atoms with Crippen molar-refractivity contribution in [1.29, 1.82) is 0 Å². The number of carbonyl (C=O) groups is 1. The number of amides is 1. The van der Waals surface area contributed by atoms with Crippen LogP contribution in [0.4, 0.5) is 10.1 Å². The summed E-state index contributed by atoms with van der Waals surface area (Å²) in [5.41, 5.74) is -0.326. The molecule has 0 saturated heterocycles. The Bertz CT molecular complexity index is 987. The monoisotopic (exact) mass is 490 g/mol. The standard InChI is InChI=1S/C21H25Cl2FN2O4S/c1-15(21(28)25-12-4-2-3-5-13-27)26(20-14-17(23)8-11-19(20)24)31(29,30)18-9-6-16(22)7-10-18/h6-11,14-15,27H,2-5,12-13H2,1H3,(H,25,28)/t15-/m1/s1. The Morgan fingerprint density at radius 2 is 1.68 bits per heavy atom. The summed E-state index contributed by atoms with van der Waals surface area (Å²) in [5, 5.41) is 12.0. The van der Waals surface area contributed by atoms with Crippen LogP contribution in [-0.4, -0.2) is 38.6 Å². The first-order valence-electron chi connectivity index (χ1n) is 9.82. The number of rotatable bonds is 11. The topological polar surface area (TPSA) is 86.7 Å². The molecule has 0 aliphatic heterocycles. The molecule has 0 fully saturated rings. The lowest BCUT2D eigenvalue weighted by Crippen LogP contribution is -2.48. The van der Waals surface area contributed by atoms with Gasteiger partial charge in [-0.3, -0.25) is 9.10 Å². The number of nitrogens with one attached hydrogen (secondary N) is 1. The van der Waals surface area contributed by atoms with Crippen molar-refractivity contribution in [2.24, 2.45) is 0 Å². The Morgan fingerprint density at radius 1 is 1.06 bits per heavy atom. The van der Waals surface area contributed by atoms with Crippen molar-refractivity contribution in [2.75, 3.05) is 17.5 Å². The second kappa shape index (κ2) is 11.7. The fraction of sp³-hybridized carbons (Fsp3) is 0.381. The normalized spacial score (nSPS) is 12.4. The van der Waals surface area contributed by atoms with E-state index in [1.807, 2.05) is 0 Å². The van der Waals surface area contributed by atoms with E-state index in [2.05, 4.69) is 5.32 Å². The van der Waals surface area contributed by atoms with E-state index in [9.17, 15) is 17.6 Å². The van der Waals surface area contributed by atoms with E-state index in [0.29, 0.717) is 24.4 Å². The van der Waals surface area contributed by atoms with Crippen molar-refractivity contribution < 1.29 is 22.7 Å². The highest BCUT2D eigenvalue weighted by Gasteiger charge is 2.35. The van der Waals surface area contributed by atoms with E-state index < -0.39 is 27.8 Å². The van der Waals surface area contributed by atoms with Crippen molar-refractivity contribution in [3.05, 3.63) is 58.3 Å². The van der Waals surface area contributed by atoms with Crippen molar-refractivity contribution >= 4 is 44.8 Å². The maximum atomic E-state index is 14.6. The average molecular weight is 491 g/mol. The highest BCUT2D eigenvalue weighted by molar-refractivity contribution is 7.93. The van der Waals surface area contributed by atoms with Crippen molar-refractivity contribution in [1.82, 2.24) is 5.32 Å². The third kappa shape index (κ3) is 6.80. The summed E-state index contributed by atoms with van der Waals surface area (Å²) in [6.45, 7) is 1.84. The number of carbonyl (C=O) groups excluding carboxylic acids is 1. The van der Waals surface area contributed by atoms with Crippen LogP contribution in [0.25, 0.3) is 0 Å². The number of unbranched alkanes of at least 4 members (excludes halogenated alkanes) is 3. The van der Waals surface area contributed by atoms with Gasteiger partial charge in [0.25, 0.3) is 10.0 Å². The van der Waals surface area contributed by atoms with Crippen LogP contribution in [0.5, 0.6) is 0 Å². The molecule has 2 rings (SSSR count). The number of benzene rings is 2. The molecular weight excluding hydrogens is 466 g/mol. The SMILES string of the molecule is C[C@H](C(=O)NCCCCCCO)N(c1cc(Cl)ccc1F)S(=O)(=O)c1ccc(Cl)cc1. The van der Waals surface area contributed by atoms with E-state index in [4.69, 9.17) is 28.3 Å². The quantitative estimate of drug-likeness (QED) is 0.457. The third-order valence-electron chi connectivity index (χ3n) is 4.63. The first kappa shape index (κ1) is 25.4. The number of aliphatic hydroxyl groups is 1. The van der Waals surface area contributed by atoms with Crippen LogP contribution in [0.15, 0.2) is 47.4 Å². The predicted molar refractivity (Wildman–Crippen MR) is 121 cm³/mol. The van der Waals surface area contributed by atoms with Gasteiger partial charge in [0.05, 0.1) is 10.6 Å². The van der Waals surface area contributed by atoms with E-state index in [0.717, 1.165) is 23.2 Å². The fourth-order valence-electron chi connectivity index (χ4n) is 2.98. The van der Waals surface area contributed by atoms with Crippen LogP contribution in [-0.2, 0) is 14.8 Å². The zero-order valence-corrected chi connectivity index (χ0v) is 19.4. The molecule has 170 valence electrons. The summed E-state index contributed by atoms with van der Waals surface area (Å²) in [5.74, 6) is -1.40. The largest absolute Gasteiger partial charge is 0.396 e. The van der Waals surface area contributed by atoms with Crippen molar-refractivity contribution in [3.63, 3.8) is 0 Å². The lowest BCUT2D eigenvalue weighted by Gasteiger charge is -2.30. The molecule has 0 aliphatic carbocycles. The van der Waals surface area contributed by atoms with E-state index in [1.165, 1.54) is 43.3 Å². The molecule has 0 aliphatic rings. The number of hydrogen-bond donors (Lipinski definition) is 2. The molecule has 10 heteroatoms. The smallest absolute Gasteiger partial charge is 0.265 e. The molecule has 2 aromatic rings. The van der Waals surface area contributed by atoms with Gasteiger partial charge in [-0.05, 0) is 62.2 Å². The van der Waals surface area contributed by atoms with Crippen LogP contribution in [0.2, 0.25) is 10.0 Å². The number of anilines is 1. The number of hydrogen-bond acceptors (Lipinski definition) is 4. The Balaban J connectivity index is 2.33. The van der Waals surface area contributed by atoms with E-state index in [1.54, 1.807) is 0 Å². The number of halogens is 3. The number of nitrogens with zero attached hydrogens (tertiary/aromatic N) is 1. The van der Waals surface area contributed by atoms with Gasteiger partial charge in [-0.2, -0.15) is 0 Å². The number of sulfonamides is 1. The van der Waals surface area contributed by atoms with E-state index in [-0.39, 0.29) is 22.2 Å². The maximum Gasteiger partial charge on any atom is 0.265 e. The minimum atomic E-state index is -4.31. The van der Waals surface area contributed by atoms with Gasteiger partial charge in [-0.15, -0.1) is 0 Å². The summed E-state index contributed by atoms with van der Waals surface area (Å²) in [6, 6.07) is 7.65. The van der Waals surface area contributed by atoms with Crippen LogP contribution in [0, 0.1) is 5.82 Å². The van der Waals surface area contributed by atoms with Crippen LogP contribution in [0.3, 0.4) is 0 Å². The Kier molecular flexibility index (Phi) is 9.55. The second-order valence-corrected chi connectivity index (χ2v) is 9.64. The molecular formula is C21H25Cl2FN2O4S. The molecule has 0 heterocycles. The van der Waals surface area contributed by atoms with Gasteiger partial charge in [0.15, 0.2) is 0 Å². The minimum absolute atomic E-state index is 0.117. The summed E-state index contributed by atoms with van der Waals surface area (Å²) >= 11 is 11.8. The maximum absolute atomic E-state index is 14.6. The lowest BCUT2D eigenvalue weighted by molar-refractivity contribution is -0.121. The first-order chi connectivity index (χ1) is 14.7. The Morgan fingerprint density at radius 3 is 2.32 bits per heavy atom. The molecule has 0 unspecified atom stereocenters. The van der Waals surface area contributed by atoms with Crippen LogP contribution in [0.1, 0.15) is 32.6 Å². The molecule has 0 bridgehead atoms. The van der Waals surface area contributed by atoms with Gasteiger partial charge in [-0.1, -0.05) is 36.0 Å². The molecule has 31 heavy (non-hydrogen) atoms. The predicted octanol–water partition coefficient (Wildman–Crippen LogP) is 4.39. The highest BCUT2D eigenvalue weighted by Crippen LogP contribution is 2.31. The fourth-order valence-corrected chi connectivity index (χ4v) is 4.89. The van der Waals surface area contributed by atoms with Gasteiger partial charge >= 0.3 is 0 Å². The van der Waals surface area contributed by atoms with Gasteiger partial charge in [0.1, 0.15) is 11.9 Å². The van der Waals surface area contributed by atoms with Crippen LogP contribution < -0.4 is 9.62 Å². The molecule has 2 N–H and O–H groups in total. The molecule has 6 nitrogen and oxygen atoms in total. The average Bonchev–Trinajstić information content (AvgIpc) is 2.73. The lowest BCUT2D eigenvalue weighted by atomic mass is 10.2. The third-order valence-corrected chi connectivity index (χ3v) is 7.02. The summed E-state index contributed by atoms with van der Waals surface area (Å²) in [7, 11) is -4.31. The summed E-state index contributed by atoms with van der Waals surface area (Å²) in [6.07, 6.45) is 3.00. The Hall–Kier alpha value is -1.87. The molecule has 0 radical (unpaired) electrons. The molecule has 0 spiro atoms. The van der Waals surface area contributed by atoms with Gasteiger partial charge in [-0.25, -0.2) is 12.8 Å². The molecule has 2 aromatic carbocycles. The highest BCUT2D eigenvalue weighted by atomic mass is 35.5. The van der Waals surface area contributed by atoms with Gasteiger partial charge in [0, 0.05) is 23.2 Å². The molecule has 1 amide bonds. The van der Waals surface area contributed by atoms with E-state index >= 15 is 0 Å². The second-order valence-electron chi connectivity index (χ2n) is 6.96. The molecule has 0 aromatic heterocycles. The number of aliphatic hydroxyl groups excluding tert-OH is 1. The van der Waals surface area contributed by atoms with Gasteiger partial charge < -0.3 is 10.4 Å². The summed E-state index contributed by atoms with van der Waals surface area (Å²) < 4.78 is 42.1. The van der Waals surface area contributed by atoms with Crippen molar-refractivity contribution in [2.45, 2.75) is 43.5 Å². The summed E-state index contributed by atoms with van der Waals surface area (Å²) in [4.78, 5) is 12.6. The first-order valence-corrected chi connectivity index (χ1v) is 12.0. The Labute approximate surface area is 192 Å². The zero-order valence-electron chi connectivity index (χ0n) is 17.0. The van der Waals surface area contributed by atoms with Gasteiger partial charge in [0.2, 0.25) is 5.91 Å². The van der Waals surface area contributed by atoms with Crippen LogP contribution >= 0.6 is 23.2 Å². The molecule has 0 saturated carbocycles. The minimum Gasteiger partial charge on any atom is -0.396 e.